The Bertz CT molecular complexity index is 776. The van der Waals surface area contributed by atoms with Gasteiger partial charge in [-0.1, -0.05) is 77.9 Å². The quantitative estimate of drug-likeness (QED) is 0.555. The summed E-state index contributed by atoms with van der Waals surface area (Å²) in [7, 11) is 0. The third kappa shape index (κ3) is 3.09. The highest BCUT2D eigenvalue weighted by Gasteiger charge is 2.15. The minimum Gasteiger partial charge on any atom is -0.294 e. The molecule has 0 atom stereocenters. The Hall–Kier alpha value is -2.67. The highest BCUT2D eigenvalue weighted by atomic mass is 16.1. The van der Waals surface area contributed by atoms with Crippen LogP contribution in [0.1, 0.15) is 28.4 Å². The molecule has 0 aromatic heterocycles. The van der Waals surface area contributed by atoms with E-state index >= 15 is 0 Å². The van der Waals surface area contributed by atoms with E-state index in [0.717, 1.165) is 27.8 Å². The summed E-state index contributed by atoms with van der Waals surface area (Å²) >= 11 is 0. The zero-order valence-corrected chi connectivity index (χ0v) is 13.8. The first-order chi connectivity index (χ1) is 11.1. The molecule has 0 unspecified atom stereocenters. The summed E-state index contributed by atoms with van der Waals surface area (Å²) in [6.45, 7) is 5.78. The van der Waals surface area contributed by atoms with Gasteiger partial charge in [0.2, 0.25) is 0 Å². The molecule has 0 heterocycles. The van der Waals surface area contributed by atoms with Gasteiger partial charge < -0.3 is 0 Å². The molecular formula is C22H20O. The molecule has 114 valence electrons. The summed E-state index contributed by atoms with van der Waals surface area (Å²) in [6, 6.07) is 22.7. The highest BCUT2D eigenvalue weighted by molar-refractivity contribution is 6.06. The Morgan fingerprint density at radius 3 is 1.39 bits per heavy atom. The third-order valence-corrected chi connectivity index (χ3v) is 4.14. The average molecular weight is 300 g/mol. The SMILES string of the molecule is CC(=O)c1c(-c2ccc(C)cc2)cccc1-c1ccc(C)cc1. The average Bonchev–Trinajstić information content (AvgIpc) is 2.55. The van der Waals surface area contributed by atoms with Crippen LogP contribution in [0.25, 0.3) is 22.3 Å². The molecule has 3 aromatic rings. The van der Waals surface area contributed by atoms with Crippen LogP contribution in [0, 0.1) is 13.8 Å². The number of benzene rings is 3. The fraction of sp³-hybridized carbons (Fsp3) is 0.136. The Kier molecular flexibility index (Phi) is 4.12. The second-order valence-electron chi connectivity index (χ2n) is 6.02. The summed E-state index contributed by atoms with van der Waals surface area (Å²) in [6.07, 6.45) is 0. The number of carbonyl (C=O) groups excluding carboxylic acids is 1. The molecule has 1 heteroatoms. The van der Waals surface area contributed by atoms with E-state index in [2.05, 4.69) is 62.4 Å². The van der Waals surface area contributed by atoms with Crippen molar-refractivity contribution in [3.8, 4) is 22.3 Å². The molecule has 3 rings (SSSR count). The van der Waals surface area contributed by atoms with Gasteiger partial charge in [0, 0.05) is 5.56 Å². The number of hydrogen-bond donors (Lipinski definition) is 0. The van der Waals surface area contributed by atoms with Gasteiger partial charge in [-0.2, -0.15) is 0 Å². The Morgan fingerprint density at radius 2 is 1.04 bits per heavy atom. The van der Waals surface area contributed by atoms with Crippen LogP contribution in [0.2, 0.25) is 0 Å². The molecule has 0 radical (unpaired) electrons. The molecule has 3 aromatic carbocycles. The fourth-order valence-corrected chi connectivity index (χ4v) is 2.88. The number of rotatable bonds is 3. The zero-order chi connectivity index (χ0) is 16.4. The summed E-state index contributed by atoms with van der Waals surface area (Å²) in [5.41, 5.74) is 7.37. The molecule has 0 saturated heterocycles. The predicted octanol–water partition coefficient (Wildman–Crippen LogP) is 5.84. The van der Waals surface area contributed by atoms with Crippen LogP contribution in [0.5, 0.6) is 0 Å². The minimum atomic E-state index is 0.0942. The van der Waals surface area contributed by atoms with Gasteiger partial charge in [0.1, 0.15) is 0 Å². The predicted molar refractivity (Wildman–Crippen MR) is 96.8 cm³/mol. The van der Waals surface area contributed by atoms with Gasteiger partial charge in [-0.05, 0) is 43.0 Å². The number of ketones is 1. The Labute approximate surface area is 137 Å². The zero-order valence-electron chi connectivity index (χ0n) is 13.8. The molecule has 0 spiro atoms. The van der Waals surface area contributed by atoms with Gasteiger partial charge in [-0.15, -0.1) is 0 Å². The highest BCUT2D eigenvalue weighted by Crippen LogP contribution is 2.33. The summed E-state index contributed by atoms with van der Waals surface area (Å²) in [4.78, 5) is 12.4. The van der Waals surface area contributed by atoms with Crippen molar-refractivity contribution in [1.82, 2.24) is 0 Å². The van der Waals surface area contributed by atoms with Crippen molar-refractivity contribution in [3.63, 3.8) is 0 Å². The van der Waals surface area contributed by atoms with E-state index in [-0.39, 0.29) is 5.78 Å². The van der Waals surface area contributed by atoms with Crippen LogP contribution in [0.15, 0.2) is 66.7 Å². The molecule has 0 aliphatic heterocycles. The smallest absolute Gasteiger partial charge is 0.161 e. The van der Waals surface area contributed by atoms with Crippen LogP contribution < -0.4 is 0 Å². The molecular weight excluding hydrogens is 280 g/mol. The van der Waals surface area contributed by atoms with Crippen molar-refractivity contribution in [2.75, 3.05) is 0 Å². The standard InChI is InChI=1S/C22H20O/c1-15-7-11-18(12-8-15)20-5-4-6-21(22(20)17(3)23)19-13-9-16(2)10-14-19/h4-14H,1-3H3. The van der Waals surface area contributed by atoms with Gasteiger partial charge in [0.15, 0.2) is 5.78 Å². The van der Waals surface area contributed by atoms with Gasteiger partial charge >= 0.3 is 0 Å². The van der Waals surface area contributed by atoms with Crippen molar-refractivity contribution in [2.24, 2.45) is 0 Å². The largest absolute Gasteiger partial charge is 0.294 e. The van der Waals surface area contributed by atoms with Gasteiger partial charge in [0.05, 0.1) is 0 Å². The fourth-order valence-electron chi connectivity index (χ4n) is 2.88. The molecule has 1 nitrogen and oxygen atoms in total. The first-order valence-electron chi connectivity index (χ1n) is 7.84. The first kappa shape index (κ1) is 15.2. The van der Waals surface area contributed by atoms with Crippen LogP contribution in [0.3, 0.4) is 0 Å². The minimum absolute atomic E-state index is 0.0942. The molecule has 23 heavy (non-hydrogen) atoms. The Balaban J connectivity index is 2.22. The first-order valence-corrected chi connectivity index (χ1v) is 7.84. The van der Waals surface area contributed by atoms with Crippen LogP contribution in [-0.4, -0.2) is 5.78 Å². The second kappa shape index (κ2) is 6.21. The second-order valence-corrected chi connectivity index (χ2v) is 6.02. The summed E-state index contributed by atoms with van der Waals surface area (Å²) in [5, 5.41) is 0. The number of aryl methyl sites for hydroxylation is 2. The van der Waals surface area contributed by atoms with E-state index in [4.69, 9.17) is 0 Å². The molecule has 0 saturated carbocycles. The summed E-state index contributed by atoms with van der Waals surface area (Å²) in [5.74, 6) is 0.0942. The van der Waals surface area contributed by atoms with Crippen molar-refractivity contribution in [2.45, 2.75) is 20.8 Å². The topological polar surface area (TPSA) is 17.1 Å². The van der Waals surface area contributed by atoms with E-state index in [1.54, 1.807) is 6.92 Å². The Morgan fingerprint density at radius 1 is 0.652 bits per heavy atom. The number of hydrogen-bond acceptors (Lipinski definition) is 1. The van der Waals surface area contributed by atoms with Crippen LogP contribution in [0.4, 0.5) is 0 Å². The van der Waals surface area contributed by atoms with E-state index < -0.39 is 0 Å². The molecule has 0 aliphatic carbocycles. The maximum absolute atomic E-state index is 12.4. The van der Waals surface area contributed by atoms with Crippen molar-refractivity contribution < 1.29 is 4.79 Å². The molecule has 0 amide bonds. The molecule has 0 N–H and O–H groups in total. The summed E-state index contributed by atoms with van der Waals surface area (Å²) < 4.78 is 0. The molecule has 0 bridgehead atoms. The van der Waals surface area contributed by atoms with Gasteiger partial charge in [-0.25, -0.2) is 0 Å². The maximum atomic E-state index is 12.4. The van der Waals surface area contributed by atoms with Crippen molar-refractivity contribution in [3.05, 3.63) is 83.4 Å². The normalized spacial score (nSPS) is 10.6. The lowest BCUT2D eigenvalue weighted by atomic mass is 9.89. The molecule has 0 fully saturated rings. The number of carbonyl (C=O) groups is 1. The van der Waals surface area contributed by atoms with Crippen molar-refractivity contribution in [1.29, 1.82) is 0 Å². The van der Waals surface area contributed by atoms with Crippen LogP contribution >= 0.6 is 0 Å². The third-order valence-electron chi connectivity index (χ3n) is 4.14. The van der Waals surface area contributed by atoms with Gasteiger partial charge in [-0.3, -0.25) is 4.79 Å². The van der Waals surface area contributed by atoms with Gasteiger partial charge in [0.25, 0.3) is 0 Å². The van der Waals surface area contributed by atoms with E-state index in [1.165, 1.54) is 11.1 Å². The van der Waals surface area contributed by atoms with Crippen LogP contribution in [-0.2, 0) is 0 Å². The monoisotopic (exact) mass is 300 g/mol. The van der Waals surface area contributed by atoms with Crippen molar-refractivity contribution >= 4 is 5.78 Å². The lowest BCUT2D eigenvalue weighted by Gasteiger charge is -2.14. The lowest BCUT2D eigenvalue weighted by Crippen LogP contribution is -2.00. The van der Waals surface area contributed by atoms with E-state index in [1.807, 2.05) is 18.2 Å². The molecule has 0 aliphatic rings. The lowest BCUT2D eigenvalue weighted by molar-refractivity contribution is 0.101. The maximum Gasteiger partial charge on any atom is 0.161 e. The number of Topliss-reactive ketones (excluding diaryl/α,β-unsaturated/α-hetero) is 1. The van der Waals surface area contributed by atoms with E-state index in [9.17, 15) is 4.79 Å². The van der Waals surface area contributed by atoms with E-state index in [0.29, 0.717) is 0 Å².